The molecule has 2 amide bonds. The molecule has 6 heteroatoms. The monoisotopic (exact) mass is 229 g/mol. The predicted octanol–water partition coefficient (Wildman–Crippen LogP) is -1.30. The summed E-state index contributed by atoms with van der Waals surface area (Å²) in [6, 6.07) is -0.00984. The first-order valence-corrected chi connectivity index (χ1v) is 5.76. The van der Waals surface area contributed by atoms with Gasteiger partial charge in [-0.2, -0.15) is 0 Å². The third-order valence-corrected chi connectivity index (χ3v) is 2.94. The lowest BCUT2D eigenvalue weighted by atomic mass is 10.2. The molecule has 0 aromatic rings. The van der Waals surface area contributed by atoms with Gasteiger partial charge in [-0.3, -0.25) is 4.90 Å². The van der Waals surface area contributed by atoms with Crippen LogP contribution < -0.4 is 5.32 Å². The summed E-state index contributed by atoms with van der Waals surface area (Å²) in [7, 11) is 0. The van der Waals surface area contributed by atoms with Crippen LogP contribution >= 0.6 is 0 Å². The fourth-order valence-corrected chi connectivity index (χ4v) is 1.92. The minimum atomic E-state index is -0.171. The zero-order valence-electron chi connectivity index (χ0n) is 9.39. The molecule has 92 valence electrons. The van der Waals surface area contributed by atoms with Crippen LogP contribution in [0.4, 0.5) is 4.79 Å². The van der Waals surface area contributed by atoms with Gasteiger partial charge in [-0.05, 0) is 0 Å². The van der Waals surface area contributed by atoms with E-state index < -0.39 is 0 Å². The van der Waals surface area contributed by atoms with Crippen molar-refractivity contribution in [1.82, 2.24) is 15.1 Å². The molecule has 0 saturated carbocycles. The van der Waals surface area contributed by atoms with Crippen LogP contribution in [0.25, 0.3) is 0 Å². The van der Waals surface area contributed by atoms with Crippen molar-refractivity contribution in [3.63, 3.8) is 0 Å². The molecule has 16 heavy (non-hydrogen) atoms. The maximum atomic E-state index is 11.6. The summed E-state index contributed by atoms with van der Waals surface area (Å²) in [5, 5.41) is 12.0. The number of nitrogens with one attached hydrogen (secondary N) is 1. The van der Waals surface area contributed by atoms with Crippen LogP contribution in [0.5, 0.6) is 0 Å². The molecule has 2 heterocycles. The molecule has 2 saturated heterocycles. The molecule has 0 radical (unpaired) electrons. The number of β-amino-alcohol motifs (C(OH)–C–C–N with tert-alkyl or cyclic N) is 1. The molecule has 2 rings (SSSR count). The zero-order chi connectivity index (χ0) is 11.4. The van der Waals surface area contributed by atoms with Gasteiger partial charge in [0.15, 0.2) is 0 Å². The number of aliphatic hydroxyl groups excluding tert-OH is 1. The number of morpholine rings is 1. The third-order valence-electron chi connectivity index (χ3n) is 2.94. The Labute approximate surface area is 95.2 Å². The Morgan fingerprint density at radius 1 is 1.38 bits per heavy atom. The van der Waals surface area contributed by atoms with Crippen molar-refractivity contribution in [3.05, 3.63) is 0 Å². The molecule has 6 nitrogen and oxygen atoms in total. The van der Waals surface area contributed by atoms with Gasteiger partial charge in [-0.25, -0.2) is 4.79 Å². The molecule has 0 bridgehead atoms. The number of hydrogen-bond donors (Lipinski definition) is 2. The van der Waals surface area contributed by atoms with E-state index >= 15 is 0 Å². The normalized spacial score (nSPS) is 22.9. The van der Waals surface area contributed by atoms with Crippen LogP contribution in [0.1, 0.15) is 0 Å². The highest BCUT2D eigenvalue weighted by atomic mass is 16.5. The number of amides is 2. The maximum absolute atomic E-state index is 11.6. The van der Waals surface area contributed by atoms with Gasteiger partial charge >= 0.3 is 6.03 Å². The van der Waals surface area contributed by atoms with Crippen molar-refractivity contribution in [2.75, 3.05) is 52.5 Å². The van der Waals surface area contributed by atoms with Gasteiger partial charge in [-0.15, -0.1) is 0 Å². The minimum absolute atomic E-state index is 0.00984. The molecule has 2 N–H and O–H groups in total. The summed E-state index contributed by atoms with van der Waals surface area (Å²) in [4.78, 5) is 15.5. The summed E-state index contributed by atoms with van der Waals surface area (Å²) in [5.41, 5.74) is 0. The number of urea groups is 1. The number of nitrogens with zero attached hydrogens (tertiary/aromatic N) is 2. The van der Waals surface area contributed by atoms with Crippen LogP contribution in [-0.4, -0.2) is 79.5 Å². The first kappa shape index (κ1) is 11.6. The minimum Gasteiger partial charge on any atom is -0.390 e. The number of carbonyl (C=O) groups is 1. The summed E-state index contributed by atoms with van der Waals surface area (Å²) in [6.45, 7) is 5.52. The van der Waals surface area contributed by atoms with Crippen molar-refractivity contribution < 1.29 is 14.6 Å². The van der Waals surface area contributed by atoms with E-state index in [1.165, 1.54) is 0 Å². The molecule has 0 atom stereocenters. The Kier molecular flexibility index (Phi) is 3.98. The van der Waals surface area contributed by atoms with E-state index in [1.54, 1.807) is 4.90 Å². The molecule has 2 fully saturated rings. The van der Waals surface area contributed by atoms with Crippen LogP contribution in [0, 0.1) is 0 Å². The van der Waals surface area contributed by atoms with Crippen LogP contribution in [0.2, 0.25) is 0 Å². The lowest BCUT2D eigenvalue weighted by molar-refractivity contribution is 0.00315. The SMILES string of the molecule is O=C(NCCN1CC(O)C1)N1CCOCC1. The fraction of sp³-hybridized carbons (Fsp3) is 0.900. The largest absolute Gasteiger partial charge is 0.390 e. The first-order chi connectivity index (χ1) is 7.75. The van der Waals surface area contributed by atoms with E-state index in [2.05, 4.69) is 10.2 Å². The van der Waals surface area contributed by atoms with E-state index in [9.17, 15) is 4.79 Å². The fourth-order valence-electron chi connectivity index (χ4n) is 1.92. The van der Waals surface area contributed by atoms with Gasteiger partial charge in [0.1, 0.15) is 0 Å². The van der Waals surface area contributed by atoms with Gasteiger partial charge in [0.05, 0.1) is 19.3 Å². The van der Waals surface area contributed by atoms with Gasteiger partial charge in [0, 0.05) is 39.3 Å². The topological polar surface area (TPSA) is 65.0 Å². The van der Waals surface area contributed by atoms with Crippen molar-refractivity contribution >= 4 is 6.03 Å². The third kappa shape index (κ3) is 3.07. The molecule has 2 aliphatic heterocycles. The summed E-state index contributed by atoms with van der Waals surface area (Å²) in [6.07, 6.45) is -0.171. The van der Waals surface area contributed by atoms with Crippen LogP contribution in [-0.2, 0) is 4.74 Å². The van der Waals surface area contributed by atoms with E-state index in [0.29, 0.717) is 32.8 Å². The summed E-state index contributed by atoms with van der Waals surface area (Å²) in [5.74, 6) is 0. The smallest absolute Gasteiger partial charge is 0.317 e. The molecule has 0 unspecified atom stereocenters. The van der Waals surface area contributed by atoms with E-state index in [4.69, 9.17) is 9.84 Å². The Balaban J connectivity index is 1.56. The second kappa shape index (κ2) is 5.47. The Morgan fingerprint density at radius 2 is 2.06 bits per heavy atom. The number of carbonyl (C=O) groups excluding carboxylic acids is 1. The molecule has 0 aromatic heterocycles. The standard InChI is InChI=1S/C10H19N3O3/c14-9-7-12(8-9)2-1-11-10(15)13-3-5-16-6-4-13/h9,14H,1-8H2,(H,11,15). The van der Waals surface area contributed by atoms with Gasteiger partial charge in [0.2, 0.25) is 0 Å². The summed E-state index contributed by atoms with van der Waals surface area (Å²) < 4.78 is 5.17. The van der Waals surface area contributed by atoms with Gasteiger partial charge in [0.25, 0.3) is 0 Å². The number of hydrogen-bond acceptors (Lipinski definition) is 4. The van der Waals surface area contributed by atoms with E-state index in [1.807, 2.05) is 0 Å². The van der Waals surface area contributed by atoms with Gasteiger partial charge in [-0.1, -0.05) is 0 Å². The highest BCUT2D eigenvalue weighted by Crippen LogP contribution is 2.05. The van der Waals surface area contributed by atoms with Crippen LogP contribution in [0.15, 0.2) is 0 Å². The Hall–Kier alpha value is -0.850. The molecular weight excluding hydrogens is 210 g/mol. The van der Waals surface area contributed by atoms with Crippen molar-refractivity contribution in [2.45, 2.75) is 6.10 Å². The number of likely N-dealkylation sites (tertiary alicyclic amines) is 1. The van der Waals surface area contributed by atoms with Crippen molar-refractivity contribution in [1.29, 1.82) is 0 Å². The average Bonchev–Trinajstić information content (AvgIpc) is 2.27. The first-order valence-electron chi connectivity index (χ1n) is 5.76. The highest BCUT2D eigenvalue weighted by Gasteiger charge is 2.23. The Morgan fingerprint density at radius 3 is 2.69 bits per heavy atom. The number of rotatable bonds is 3. The van der Waals surface area contributed by atoms with Crippen molar-refractivity contribution in [2.24, 2.45) is 0 Å². The predicted molar refractivity (Wildman–Crippen MR) is 58.2 cm³/mol. The second-order valence-electron chi connectivity index (χ2n) is 4.24. The molecule has 0 spiro atoms. The summed E-state index contributed by atoms with van der Waals surface area (Å²) >= 11 is 0. The number of ether oxygens (including phenoxy) is 1. The van der Waals surface area contributed by atoms with E-state index in [-0.39, 0.29) is 12.1 Å². The quantitative estimate of drug-likeness (QED) is 0.631. The van der Waals surface area contributed by atoms with E-state index in [0.717, 1.165) is 19.6 Å². The second-order valence-corrected chi connectivity index (χ2v) is 4.24. The zero-order valence-corrected chi connectivity index (χ0v) is 9.39. The molecule has 0 aliphatic carbocycles. The molecule has 2 aliphatic rings. The molecular formula is C10H19N3O3. The molecule has 0 aromatic carbocycles. The lowest BCUT2D eigenvalue weighted by Crippen LogP contribution is -2.54. The Bertz CT molecular complexity index is 237. The highest BCUT2D eigenvalue weighted by molar-refractivity contribution is 5.74. The average molecular weight is 229 g/mol. The number of aliphatic hydroxyl groups is 1. The van der Waals surface area contributed by atoms with Gasteiger partial charge < -0.3 is 20.1 Å². The van der Waals surface area contributed by atoms with Crippen LogP contribution in [0.3, 0.4) is 0 Å². The maximum Gasteiger partial charge on any atom is 0.317 e. The van der Waals surface area contributed by atoms with Crippen molar-refractivity contribution in [3.8, 4) is 0 Å². The lowest BCUT2D eigenvalue weighted by Gasteiger charge is -2.36.